The molecule has 0 aromatic heterocycles. The monoisotopic (exact) mass is 370 g/mol. The van der Waals surface area contributed by atoms with Crippen LogP contribution in [-0.2, 0) is 9.47 Å². The molecule has 0 aliphatic heterocycles. The number of hydrogen-bond donors (Lipinski definition) is 2. The molecule has 1 amide bonds. The minimum absolute atomic E-state index is 0.317. The third-order valence-corrected chi connectivity index (χ3v) is 4.19. The van der Waals surface area contributed by atoms with Crippen LogP contribution in [0.25, 0.3) is 0 Å². The number of amides is 1. The van der Waals surface area contributed by atoms with Crippen molar-refractivity contribution < 1.29 is 14.3 Å². The SMILES string of the molecule is CN=C(NCCCOC1CCCCC1)NCCN(C)C(=O)OC(C)(C)C. The van der Waals surface area contributed by atoms with E-state index >= 15 is 0 Å². The second-order valence-electron chi connectivity index (χ2n) is 7.81. The van der Waals surface area contributed by atoms with Crippen LogP contribution in [0.2, 0.25) is 0 Å². The van der Waals surface area contributed by atoms with Crippen LogP contribution in [0.5, 0.6) is 0 Å². The van der Waals surface area contributed by atoms with Gasteiger partial charge >= 0.3 is 6.09 Å². The van der Waals surface area contributed by atoms with Crippen molar-refractivity contribution in [2.45, 2.75) is 71.0 Å². The van der Waals surface area contributed by atoms with Crippen molar-refractivity contribution in [2.75, 3.05) is 40.3 Å². The summed E-state index contributed by atoms with van der Waals surface area (Å²) in [4.78, 5) is 17.6. The maximum atomic E-state index is 11.9. The van der Waals surface area contributed by atoms with Crippen LogP contribution >= 0.6 is 0 Å². The van der Waals surface area contributed by atoms with E-state index < -0.39 is 5.60 Å². The summed E-state index contributed by atoms with van der Waals surface area (Å²) in [6.45, 7) is 8.33. The second kappa shape index (κ2) is 12.0. The van der Waals surface area contributed by atoms with Crippen LogP contribution in [0.15, 0.2) is 4.99 Å². The van der Waals surface area contributed by atoms with Gasteiger partial charge in [-0.25, -0.2) is 4.79 Å². The third kappa shape index (κ3) is 10.5. The minimum Gasteiger partial charge on any atom is -0.444 e. The Labute approximate surface area is 158 Å². The molecule has 0 atom stereocenters. The van der Waals surface area contributed by atoms with Gasteiger partial charge in [0.25, 0.3) is 0 Å². The Balaban J connectivity index is 2.10. The first-order chi connectivity index (χ1) is 12.3. The van der Waals surface area contributed by atoms with Crippen molar-refractivity contribution in [3.63, 3.8) is 0 Å². The van der Waals surface area contributed by atoms with Crippen LogP contribution in [0, 0.1) is 0 Å². The summed E-state index contributed by atoms with van der Waals surface area (Å²) in [6, 6.07) is 0. The van der Waals surface area contributed by atoms with Crippen molar-refractivity contribution in [1.82, 2.24) is 15.5 Å². The third-order valence-electron chi connectivity index (χ3n) is 4.19. The molecule has 152 valence electrons. The zero-order valence-electron chi connectivity index (χ0n) is 17.3. The van der Waals surface area contributed by atoms with E-state index in [4.69, 9.17) is 9.47 Å². The van der Waals surface area contributed by atoms with E-state index in [2.05, 4.69) is 15.6 Å². The van der Waals surface area contributed by atoms with Crippen LogP contribution in [0.3, 0.4) is 0 Å². The van der Waals surface area contributed by atoms with Crippen molar-refractivity contribution in [3.05, 3.63) is 0 Å². The molecule has 1 aliphatic carbocycles. The number of nitrogens with one attached hydrogen (secondary N) is 2. The van der Waals surface area contributed by atoms with Gasteiger partial charge in [-0.05, 0) is 40.0 Å². The number of nitrogens with zero attached hydrogens (tertiary/aromatic N) is 2. The Bertz CT molecular complexity index is 429. The normalized spacial score (nSPS) is 16.3. The molecule has 0 spiro atoms. The van der Waals surface area contributed by atoms with Crippen molar-refractivity contribution in [1.29, 1.82) is 0 Å². The summed E-state index contributed by atoms with van der Waals surface area (Å²) < 4.78 is 11.2. The molecule has 1 saturated carbocycles. The van der Waals surface area contributed by atoms with Gasteiger partial charge in [0.2, 0.25) is 0 Å². The molecule has 0 aromatic carbocycles. The molecule has 0 heterocycles. The average Bonchev–Trinajstić information content (AvgIpc) is 2.59. The highest BCUT2D eigenvalue weighted by molar-refractivity contribution is 5.79. The van der Waals surface area contributed by atoms with E-state index in [0.717, 1.165) is 25.5 Å². The van der Waals surface area contributed by atoms with Gasteiger partial charge in [0.05, 0.1) is 6.10 Å². The largest absolute Gasteiger partial charge is 0.444 e. The van der Waals surface area contributed by atoms with Gasteiger partial charge in [-0.3, -0.25) is 4.99 Å². The number of aliphatic imine (C=N–C) groups is 1. The number of rotatable bonds is 8. The lowest BCUT2D eigenvalue weighted by molar-refractivity contribution is 0.0275. The van der Waals surface area contributed by atoms with E-state index in [0.29, 0.717) is 19.2 Å². The summed E-state index contributed by atoms with van der Waals surface area (Å²) in [5.74, 6) is 0.736. The Morgan fingerprint density at radius 2 is 1.81 bits per heavy atom. The fraction of sp³-hybridized carbons (Fsp3) is 0.895. The standard InChI is InChI=1S/C19H38N4O3/c1-19(2,3)26-18(24)23(5)14-13-22-17(20-4)21-12-9-15-25-16-10-7-6-8-11-16/h16H,6-15H2,1-5H3,(H2,20,21,22). The maximum Gasteiger partial charge on any atom is 0.410 e. The number of carbonyl (C=O) groups is 1. The predicted octanol–water partition coefficient (Wildman–Crippen LogP) is 2.76. The van der Waals surface area contributed by atoms with Crippen LogP contribution in [-0.4, -0.2) is 69.0 Å². The lowest BCUT2D eigenvalue weighted by Crippen LogP contribution is -2.43. The van der Waals surface area contributed by atoms with Gasteiger partial charge in [-0.2, -0.15) is 0 Å². The average molecular weight is 371 g/mol. The zero-order valence-corrected chi connectivity index (χ0v) is 17.3. The first-order valence-electron chi connectivity index (χ1n) is 9.82. The Morgan fingerprint density at radius 1 is 1.15 bits per heavy atom. The highest BCUT2D eigenvalue weighted by Gasteiger charge is 2.19. The highest BCUT2D eigenvalue weighted by Crippen LogP contribution is 2.20. The van der Waals surface area contributed by atoms with E-state index in [9.17, 15) is 4.79 Å². The van der Waals surface area contributed by atoms with E-state index in [1.165, 1.54) is 32.1 Å². The van der Waals surface area contributed by atoms with Crippen molar-refractivity contribution in [3.8, 4) is 0 Å². The molecule has 7 nitrogen and oxygen atoms in total. The van der Waals surface area contributed by atoms with Gasteiger partial charge < -0.3 is 25.0 Å². The first kappa shape index (κ1) is 22.5. The molecular weight excluding hydrogens is 332 g/mol. The summed E-state index contributed by atoms with van der Waals surface area (Å²) in [5, 5.41) is 6.48. The van der Waals surface area contributed by atoms with Crippen molar-refractivity contribution >= 4 is 12.1 Å². The molecule has 7 heteroatoms. The van der Waals surface area contributed by atoms with Crippen LogP contribution in [0.1, 0.15) is 59.3 Å². The lowest BCUT2D eigenvalue weighted by Gasteiger charge is -2.25. The van der Waals surface area contributed by atoms with Gasteiger partial charge in [-0.15, -0.1) is 0 Å². The van der Waals surface area contributed by atoms with Gasteiger partial charge in [-0.1, -0.05) is 19.3 Å². The number of ether oxygens (including phenoxy) is 2. The molecule has 1 aliphatic rings. The summed E-state index contributed by atoms with van der Waals surface area (Å²) in [6.07, 6.45) is 7.48. The van der Waals surface area contributed by atoms with Gasteiger partial charge in [0.15, 0.2) is 5.96 Å². The summed E-state index contributed by atoms with van der Waals surface area (Å²) in [7, 11) is 3.47. The molecule has 0 unspecified atom stereocenters. The Hall–Kier alpha value is -1.50. The fourth-order valence-corrected chi connectivity index (χ4v) is 2.75. The fourth-order valence-electron chi connectivity index (χ4n) is 2.75. The second-order valence-corrected chi connectivity index (χ2v) is 7.81. The lowest BCUT2D eigenvalue weighted by atomic mass is 9.98. The number of likely N-dealkylation sites (N-methyl/N-ethyl adjacent to an activating group) is 1. The summed E-state index contributed by atoms with van der Waals surface area (Å²) in [5.41, 5.74) is -0.476. The number of carbonyl (C=O) groups excluding carboxylic acids is 1. The maximum absolute atomic E-state index is 11.9. The smallest absolute Gasteiger partial charge is 0.410 e. The molecule has 2 N–H and O–H groups in total. The van der Waals surface area contributed by atoms with E-state index in [1.54, 1.807) is 19.0 Å². The molecule has 1 rings (SSSR count). The zero-order chi connectivity index (χ0) is 19.4. The number of guanidine groups is 1. The van der Waals surface area contributed by atoms with Gasteiger partial charge in [0.1, 0.15) is 5.60 Å². The van der Waals surface area contributed by atoms with E-state index in [1.807, 2.05) is 20.8 Å². The predicted molar refractivity (Wildman–Crippen MR) is 106 cm³/mol. The molecule has 0 aromatic rings. The van der Waals surface area contributed by atoms with E-state index in [-0.39, 0.29) is 6.09 Å². The molecule has 0 saturated heterocycles. The summed E-state index contributed by atoms with van der Waals surface area (Å²) >= 11 is 0. The Kier molecular flexibility index (Phi) is 10.4. The van der Waals surface area contributed by atoms with Crippen molar-refractivity contribution in [2.24, 2.45) is 4.99 Å². The quantitative estimate of drug-likeness (QED) is 0.390. The molecular formula is C19H38N4O3. The van der Waals surface area contributed by atoms with Gasteiger partial charge in [0, 0.05) is 40.3 Å². The highest BCUT2D eigenvalue weighted by atomic mass is 16.6. The number of hydrogen-bond acceptors (Lipinski definition) is 4. The minimum atomic E-state index is -0.476. The molecule has 1 fully saturated rings. The molecule has 0 radical (unpaired) electrons. The first-order valence-corrected chi connectivity index (χ1v) is 9.82. The van der Waals surface area contributed by atoms with Crippen LogP contribution in [0.4, 0.5) is 4.79 Å². The topological polar surface area (TPSA) is 75.2 Å². The van der Waals surface area contributed by atoms with Crippen LogP contribution < -0.4 is 10.6 Å². The Morgan fingerprint density at radius 3 is 2.42 bits per heavy atom. The molecule has 26 heavy (non-hydrogen) atoms. The molecule has 0 bridgehead atoms.